The Kier molecular flexibility index (Phi) is 4.97. The number of carbonyl (C=O) groups excluding carboxylic acids is 1. The quantitative estimate of drug-likeness (QED) is 0.766. The van der Waals surface area contributed by atoms with Gasteiger partial charge in [0.1, 0.15) is 0 Å². The lowest BCUT2D eigenvalue weighted by atomic mass is 10.1. The Labute approximate surface area is 109 Å². The summed E-state index contributed by atoms with van der Waals surface area (Å²) in [4.78, 5) is 16.7. The van der Waals surface area contributed by atoms with Crippen molar-refractivity contribution in [3.63, 3.8) is 0 Å². The van der Waals surface area contributed by atoms with Crippen LogP contribution in [0.3, 0.4) is 0 Å². The number of piperazine rings is 1. The molecule has 18 heavy (non-hydrogen) atoms. The minimum atomic E-state index is -0.0129. The molecule has 2 heterocycles. The summed E-state index contributed by atoms with van der Waals surface area (Å²) in [5.41, 5.74) is 0. The molecule has 2 rings (SSSR count). The Hall–Kier alpha value is -0.650. The number of amides is 1. The van der Waals surface area contributed by atoms with Crippen molar-refractivity contribution in [3.8, 4) is 0 Å². The van der Waals surface area contributed by atoms with E-state index >= 15 is 0 Å². The van der Waals surface area contributed by atoms with Crippen molar-refractivity contribution < 1.29 is 9.53 Å². The molecule has 2 aliphatic heterocycles. The van der Waals surface area contributed by atoms with Gasteiger partial charge in [0.2, 0.25) is 5.91 Å². The summed E-state index contributed by atoms with van der Waals surface area (Å²) in [6, 6.07) is -0.0129. The van der Waals surface area contributed by atoms with Gasteiger partial charge in [-0.15, -0.1) is 0 Å². The predicted molar refractivity (Wildman–Crippen MR) is 70.5 cm³/mol. The summed E-state index contributed by atoms with van der Waals surface area (Å²) in [6.07, 6.45) is 2.52. The highest BCUT2D eigenvalue weighted by Crippen LogP contribution is 2.16. The molecule has 104 valence electrons. The van der Waals surface area contributed by atoms with Crippen molar-refractivity contribution in [1.82, 2.24) is 15.1 Å². The zero-order valence-electron chi connectivity index (χ0n) is 11.5. The number of piperidine rings is 1. The molecule has 2 unspecified atom stereocenters. The molecule has 0 aromatic carbocycles. The van der Waals surface area contributed by atoms with Crippen molar-refractivity contribution >= 4 is 5.91 Å². The average Bonchev–Trinajstić information content (AvgIpc) is 2.46. The number of hydrogen-bond acceptors (Lipinski definition) is 4. The molecule has 0 saturated carbocycles. The van der Waals surface area contributed by atoms with Gasteiger partial charge in [-0.2, -0.15) is 0 Å². The highest BCUT2D eigenvalue weighted by Gasteiger charge is 2.30. The van der Waals surface area contributed by atoms with Crippen LogP contribution in [0.4, 0.5) is 0 Å². The van der Waals surface area contributed by atoms with E-state index in [-0.39, 0.29) is 18.1 Å². The van der Waals surface area contributed by atoms with Crippen molar-refractivity contribution in [1.29, 1.82) is 0 Å². The Morgan fingerprint density at radius 3 is 2.72 bits per heavy atom. The van der Waals surface area contributed by atoms with E-state index in [1.807, 2.05) is 11.8 Å². The van der Waals surface area contributed by atoms with Gasteiger partial charge >= 0.3 is 0 Å². The Morgan fingerprint density at radius 2 is 2.06 bits per heavy atom. The van der Waals surface area contributed by atoms with Crippen LogP contribution in [0.5, 0.6) is 0 Å². The van der Waals surface area contributed by atoms with Gasteiger partial charge in [0.25, 0.3) is 0 Å². The van der Waals surface area contributed by atoms with Crippen molar-refractivity contribution in [2.75, 3.05) is 46.4 Å². The average molecular weight is 255 g/mol. The number of nitrogens with zero attached hydrogens (tertiary/aromatic N) is 2. The van der Waals surface area contributed by atoms with Crippen LogP contribution in [-0.2, 0) is 9.53 Å². The van der Waals surface area contributed by atoms with Gasteiger partial charge in [-0.3, -0.25) is 9.69 Å². The zero-order valence-corrected chi connectivity index (χ0v) is 11.5. The molecule has 5 heteroatoms. The summed E-state index contributed by atoms with van der Waals surface area (Å²) < 4.78 is 5.42. The normalized spacial score (nSPS) is 28.1. The lowest BCUT2D eigenvalue weighted by molar-refractivity contribution is -0.138. The van der Waals surface area contributed by atoms with Crippen LogP contribution >= 0.6 is 0 Å². The van der Waals surface area contributed by atoms with E-state index in [1.54, 1.807) is 7.11 Å². The lowest BCUT2D eigenvalue weighted by Gasteiger charge is -2.38. The van der Waals surface area contributed by atoms with Crippen molar-refractivity contribution in [2.24, 2.45) is 0 Å². The molecule has 1 amide bonds. The summed E-state index contributed by atoms with van der Waals surface area (Å²) >= 11 is 0. The second-order valence-corrected chi connectivity index (χ2v) is 5.25. The molecule has 2 fully saturated rings. The molecule has 5 nitrogen and oxygen atoms in total. The summed E-state index contributed by atoms with van der Waals surface area (Å²) in [5, 5.41) is 3.28. The number of likely N-dealkylation sites (tertiary alicyclic amines) is 1. The van der Waals surface area contributed by atoms with E-state index in [1.165, 1.54) is 0 Å². The standard InChI is InChI=1S/C13H25N3O2/c1-11(13(17)15-8-5-14-6-9-15)16-7-3-4-12(10-16)18-2/h11-12,14H,3-10H2,1-2H3. The third-order valence-electron chi connectivity index (χ3n) is 4.08. The summed E-state index contributed by atoms with van der Waals surface area (Å²) in [6.45, 7) is 7.44. The highest BCUT2D eigenvalue weighted by molar-refractivity contribution is 5.81. The Morgan fingerprint density at radius 1 is 1.33 bits per heavy atom. The first-order valence-corrected chi connectivity index (χ1v) is 6.98. The Balaban J connectivity index is 1.88. The molecule has 0 radical (unpaired) electrons. The van der Waals surface area contributed by atoms with Gasteiger partial charge < -0.3 is 15.0 Å². The van der Waals surface area contributed by atoms with E-state index in [0.29, 0.717) is 0 Å². The molecular formula is C13H25N3O2. The first kappa shape index (κ1) is 13.8. The van der Waals surface area contributed by atoms with Gasteiger partial charge in [0, 0.05) is 39.8 Å². The van der Waals surface area contributed by atoms with Crippen molar-refractivity contribution in [3.05, 3.63) is 0 Å². The van der Waals surface area contributed by atoms with Gasteiger partial charge in [-0.05, 0) is 26.3 Å². The summed E-state index contributed by atoms with van der Waals surface area (Å²) in [7, 11) is 1.76. The molecule has 0 bridgehead atoms. The van der Waals surface area contributed by atoms with Gasteiger partial charge in [-0.25, -0.2) is 0 Å². The fourth-order valence-corrected chi connectivity index (χ4v) is 2.82. The van der Waals surface area contributed by atoms with Crippen molar-refractivity contribution in [2.45, 2.75) is 31.9 Å². The maximum Gasteiger partial charge on any atom is 0.239 e. The number of ether oxygens (including phenoxy) is 1. The van der Waals surface area contributed by atoms with Crippen LogP contribution in [0, 0.1) is 0 Å². The second kappa shape index (κ2) is 6.50. The van der Waals surface area contributed by atoms with E-state index in [0.717, 1.165) is 52.1 Å². The predicted octanol–water partition coefficient (Wildman–Crippen LogP) is -0.0825. The topological polar surface area (TPSA) is 44.8 Å². The fourth-order valence-electron chi connectivity index (χ4n) is 2.82. The van der Waals surface area contributed by atoms with E-state index in [4.69, 9.17) is 4.74 Å². The van der Waals surface area contributed by atoms with Crippen LogP contribution in [0.15, 0.2) is 0 Å². The van der Waals surface area contributed by atoms with Gasteiger partial charge in [0.05, 0.1) is 12.1 Å². The van der Waals surface area contributed by atoms with E-state index in [2.05, 4.69) is 10.2 Å². The third-order valence-corrected chi connectivity index (χ3v) is 4.08. The number of nitrogens with one attached hydrogen (secondary N) is 1. The molecular weight excluding hydrogens is 230 g/mol. The first-order valence-electron chi connectivity index (χ1n) is 6.98. The van der Waals surface area contributed by atoms with Crippen LogP contribution in [0.25, 0.3) is 0 Å². The number of rotatable bonds is 3. The third kappa shape index (κ3) is 3.22. The maximum absolute atomic E-state index is 12.4. The van der Waals surface area contributed by atoms with Crippen LogP contribution in [0.2, 0.25) is 0 Å². The minimum Gasteiger partial charge on any atom is -0.380 e. The second-order valence-electron chi connectivity index (χ2n) is 5.25. The van der Waals surface area contributed by atoms with Gasteiger partial charge in [-0.1, -0.05) is 0 Å². The lowest BCUT2D eigenvalue weighted by Crippen LogP contribution is -2.55. The van der Waals surface area contributed by atoms with E-state index < -0.39 is 0 Å². The minimum absolute atomic E-state index is 0.0129. The molecule has 2 saturated heterocycles. The highest BCUT2D eigenvalue weighted by atomic mass is 16.5. The van der Waals surface area contributed by atoms with Gasteiger partial charge in [0.15, 0.2) is 0 Å². The molecule has 0 aliphatic carbocycles. The molecule has 0 aromatic rings. The molecule has 2 aliphatic rings. The van der Waals surface area contributed by atoms with Crippen LogP contribution in [-0.4, -0.2) is 74.2 Å². The largest absolute Gasteiger partial charge is 0.380 e. The fraction of sp³-hybridized carbons (Fsp3) is 0.923. The SMILES string of the molecule is COC1CCCN(C(C)C(=O)N2CCNCC2)C1. The maximum atomic E-state index is 12.4. The molecule has 0 spiro atoms. The zero-order chi connectivity index (χ0) is 13.0. The number of carbonyl (C=O) groups is 1. The summed E-state index contributed by atoms with van der Waals surface area (Å²) in [5.74, 6) is 0.272. The number of hydrogen-bond donors (Lipinski definition) is 1. The molecule has 2 atom stereocenters. The van der Waals surface area contributed by atoms with E-state index in [9.17, 15) is 4.79 Å². The molecule has 0 aromatic heterocycles. The van der Waals surface area contributed by atoms with Crippen LogP contribution < -0.4 is 5.32 Å². The first-order chi connectivity index (χ1) is 8.72. The molecule has 1 N–H and O–H groups in total. The number of methoxy groups -OCH3 is 1. The van der Waals surface area contributed by atoms with Crippen LogP contribution in [0.1, 0.15) is 19.8 Å². The smallest absolute Gasteiger partial charge is 0.239 e. The Bertz CT molecular complexity index is 279. The monoisotopic (exact) mass is 255 g/mol.